The number of fused-ring (bicyclic) bond motifs is 1. The third-order valence-corrected chi connectivity index (χ3v) is 5.78. The highest BCUT2D eigenvalue weighted by molar-refractivity contribution is 5.82. The Morgan fingerprint density at radius 1 is 1.13 bits per heavy atom. The lowest BCUT2D eigenvalue weighted by Crippen LogP contribution is -2.41. The summed E-state index contributed by atoms with van der Waals surface area (Å²) in [5, 5.41) is 4.08. The molecule has 156 valence electrons. The van der Waals surface area contributed by atoms with Crippen LogP contribution in [0.5, 0.6) is 0 Å². The van der Waals surface area contributed by atoms with Crippen LogP contribution in [0.1, 0.15) is 29.7 Å². The van der Waals surface area contributed by atoms with Gasteiger partial charge in [0, 0.05) is 30.9 Å². The zero-order valence-corrected chi connectivity index (χ0v) is 17.5. The summed E-state index contributed by atoms with van der Waals surface area (Å²) in [6.07, 6.45) is 2.19. The second-order valence-corrected chi connectivity index (χ2v) is 8.06. The Labute approximate surface area is 176 Å². The fraction of sp³-hybridized carbons (Fsp3) is 0.375. The van der Waals surface area contributed by atoms with Crippen molar-refractivity contribution < 1.29 is 9.18 Å². The van der Waals surface area contributed by atoms with Gasteiger partial charge >= 0.3 is 0 Å². The largest absolute Gasteiger partial charge is 0.356 e. The van der Waals surface area contributed by atoms with Gasteiger partial charge in [0.05, 0.1) is 11.2 Å². The third kappa shape index (κ3) is 4.58. The first-order valence-electron chi connectivity index (χ1n) is 10.5. The highest BCUT2D eigenvalue weighted by atomic mass is 19.1. The molecule has 2 heterocycles. The zero-order chi connectivity index (χ0) is 21.1. The Balaban J connectivity index is 1.32. The molecule has 5 nitrogen and oxygen atoms in total. The highest BCUT2D eigenvalue weighted by Gasteiger charge is 2.26. The maximum absolute atomic E-state index is 13.2. The number of benzene rings is 2. The summed E-state index contributed by atoms with van der Waals surface area (Å²) in [4.78, 5) is 24.2. The molecule has 3 aromatic rings. The van der Waals surface area contributed by atoms with Crippen LogP contribution in [-0.2, 0) is 11.2 Å². The van der Waals surface area contributed by atoms with E-state index in [1.165, 1.54) is 17.7 Å². The van der Waals surface area contributed by atoms with Gasteiger partial charge in [-0.2, -0.15) is 0 Å². The quantitative estimate of drug-likeness (QED) is 0.697. The van der Waals surface area contributed by atoms with Crippen molar-refractivity contribution in [2.24, 2.45) is 5.92 Å². The summed E-state index contributed by atoms with van der Waals surface area (Å²) in [6, 6.07) is 12.8. The van der Waals surface area contributed by atoms with E-state index >= 15 is 0 Å². The number of hydrogen-bond acceptors (Lipinski definition) is 4. The normalized spacial score (nSPS) is 14.8. The van der Waals surface area contributed by atoms with Crippen molar-refractivity contribution >= 4 is 22.8 Å². The minimum Gasteiger partial charge on any atom is -0.356 e. The van der Waals surface area contributed by atoms with Crippen LogP contribution >= 0.6 is 0 Å². The number of aryl methyl sites for hydroxylation is 2. The summed E-state index contributed by atoms with van der Waals surface area (Å²) in [6.45, 7) is 6.13. The van der Waals surface area contributed by atoms with Gasteiger partial charge in [-0.25, -0.2) is 14.4 Å². The van der Waals surface area contributed by atoms with Gasteiger partial charge in [-0.05, 0) is 62.4 Å². The maximum atomic E-state index is 13.2. The number of carbonyl (C=O) groups is 1. The van der Waals surface area contributed by atoms with Crippen LogP contribution in [0.3, 0.4) is 0 Å². The summed E-state index contributed by atoms with van der Waals surface area (Å²) in [5.41, 5.74) is 4.02. The molecule has 1 fully saturated rings. The molecular weight excluding hydrogens is 379 g/mol. The van der Waals surface area contributed by atoms with Gasteiger partial charge in [0.15, 0.2) is 0 Å². The highest BCUT2D eigenvalue weighted by Crippen LogP contribution is 2.24. The SMILES string of the molecule is Cc1ccc2c(C)nc(N3CCC(C(=O)NCCc4cccc(F)c4)CC3)nc2c1. The third-order valence-electron chi connectivity index (χ3n) is 5.78. The molecular formula is C24H27FN4O. The zero-order valence-electron chi connectivity index (χ0n) is 17.5. The molecule has 0 radical (unpaired) electrons. The Hall–Kier alpha value is -3.02. The first kappa shape index (κ1) is 20.3. The van der Waals surface area contributed by atoms with Crippen molar-refractivity contribution in [2.75, 3.05) is 24.5 Å². The number of halogens is 1. The molecule has 0 bridgehead atoms. The second-order valence-electron chi connectivity index (χ2n) is 8.06. The molecule has 1 aromatic heterocycles. The van der Waals surface area contributed by atoms with Crippen LogP contribution < -0.4 is 10.2 Å². The number of nitrogens with one attached hydrogen (secondary N) is 1. The fourth-order valence-corrected chi connectivity index (χ4v) is 4.03. The molecule has 1 amide bonds. The predicted molar refractivity (Wildman–Crippen MR) is 117 cm³/mol. The standard InChI is InChI=1S/C24H27FN4O/c1-16-6-7-21-17(2)27-24(28-22(21)14-16)29-12-9-19(10-13-29)23(30)26-11-8-18-4-3-5-20(25)15-18/h3-7,14-15,19H,8-13H2,1-2H3,(H,26,30). The molecule has 1 N–H and O–H groups in total. The lowest BCUT2D eigenvalue weighted by atomic mass is 9.96. The molecule has 1 aliphatic heterocycles. The Morgan fingerprint density at radius 2 is 1.93 bits per heavy atom. The average Bonchev–Trinajstić information content (AvgIpc) is 2.73. The average molecular weight is 407 g/mol. The molecule has 4 rings (SSSR count). The fourth-order valence-electron chi connectivity index (χ4n) is 4.03. The number of piperidine rings is 1. The van der Waals surface area contributed by atoms with Crippen molar-refractivity contribution in [3.8, 4) is 0 Å². The number of amides is 1. The Morgan fingerprint density at radius 3 is 2.70 bits per heavy atom. The van der Waals surface area contributed by atoms with E-state index in [1.54, 1.807) is 6.07 Å². The molecule has 0 aliphatic carbocycles. The van der Waals surface area contributed by atoms with Gasteiger partial charge in [0.1, 0.15) is 5.82 Å². The van der Waals surface area contributed by atoms with Gasteiger partial charge in [-0.1, -0.05) is 24.3 Å². The number of nitrogens with zero attached hydrogens (tertiary/aromatic N) is 3. The van der Waals surface area contributed by atoms with E-state index in [0.29, 0.717) is 13.0 Å². The lowest BCUT2D eigenvalue weighted by Gasteiger charge is -2.31. The van der Waals surface area contributed by atoms with E-state index in [2.05, 4.69) is 35.3 Å². The molecule has 0 saturated carbocycles. The van der Waals surface area contributed by atoms with Gasteiger partial charge in [0.2, 0.25) is 11.9 Å². The second kappa shape index (κ2) is 8.78. The molecule has 0 unspecified atom stereocenters. The van der Waals surface area contributed by atoms with Gasteiger partial charge in [-0.15, -0.1) is 0 Å². The number of aromatic nitrogens is 2. The van der Waals surface area contributed by atoms with Crippen LogP contribution in [0.2, 0.25) is 0 Å². The molecule has 0 atom stereocenters. The summed E-state index contributed by atoms with van der Waals surface area (Å²) < 4.78 is 13.2. The number of hydrogen-bond donors (Lipinski definition) is 1. The maximum Gasteiger partial charge on any atom is 0.226 e. The van der Waals surface area contributed by atoms with Crippen molar-refractivity contribution in [1.29, 1.82) is 0 Å². The van der Waals surface area contributed by atoms with E-state index in [0.717, 1.165) is 54.0 Å². The van der Waals surface area contributed by atoms with E-state index in [4.69, 9.17) is 9.97 Å². The smallest absolute Gasteiger partial charge is 0.226 e. The minimum atomic E-state index is -0.243. The van der Waals surface area contributed by atoms with Crippen molar-refractivity contribution in [3.63, 3.8) is 0 Å². The van der Waals surface area contributed by atoms with Gasteiger partial charge in [-0.3, -0.25) is 4.79 Å². The van der Waals surface area contributed by atoms with E-state index in [9.17, 15) is 9.18 Å². The molecule has 6 heteroatoms. The van der Waals surface area contributed by atoms with E-state index in [-0.39, 0.29) is 17.6 Å². The predicted octanol–water partition coefficient (Wildman–Crippen LogP) is 3.96. The first-order chi connectivity index (χ1) is 14.5. The number of rotatable bonds is 5. The Bertz CT molecular complexity index is 1060. The van der Waals surface area contributed by atoms with Gasteiger partial charge in [0.25, 0.3) is 0 Å². The lowest BCUT2D eigenvalue weighted by molar-refractivity contribution is -0.125. The molecule has 1 aliphatic rings. The van der Waals surface area contributed by atoms with Crippen molar-refractivity contribution in [3.05, 3.63) is 65.1 Å². The van der Waals surface area contributed by atoms with Crippen LogP contribution in [0, 0.1) is 25.6 Å². The summed E-state index contributed by atoms with van der Waals surface area (Å²) in [7, 11) is 0. The minimum absolute atomic E-state index is 0.00226. The monoisotopic (exact) mass is 406 g/mol. The number of anilines is 1. The molecule has 0 spiro atoms. The van der Waals surface area contributed by atoms with E-state index < -0.39 is 0 Å². The van der Waals surface area contributed by atoms with E-state index in [1.807, 2.05) is 13.0 Å². The first-order valence-corrected chi connectivity index (χ1v) is 10.5. The summed E-state index contributed by atoms with van der Waals surface area (Å²) >= 11 is 0. The summed E-state index contributed by atoms with van der Waals surface area (Å²) in [5.74, 6) is 0.581. The van der Waals surface area contributed by atoms with Crippen LogP contribution in [-0.4, -0.2) is 35.5 Å². The van der Waals surface area contributed by atoms with Crippen LogP contribution in [0.25, 0.3) is 10.9 Å². The topological polar surface area (TPSA) is 58.1 Å². The Kier molecular flexibility index (Phi) is 5.93. The van der Waals surface area contributed by atoms with Crippen molar-refractivity contribution in [2.45, 2.75) is 33.1 Å². The van der Waals surface area contributed by atoms with Crippen LogP contribution in [0.4, 0.5) is 10.3 Å². The number of carbonyl (C=O) groups excluding carboxylic acids is 1. The van der Waals surface area contributed by atoms with Crippen molar-refractivity contribution in [1.82, 2.24) is 15.3 Å². The molecule has 30 heavy (non-hydrogen) atoms. The molecule has 1 saturated heterocycles. The molecule has 2 aromatic carbocycles. The van der Waals surface area contributed by atoms with Crippen LogP contribution in [0.15, 0.2) is 42.5 Å². The van der Waals surface area contributed by atoms with Gasteiger partial charge < -0.3 is 10.2 Å².